The van der Waals surface area contributed by atoms with Crippen molar-refractivity contribution in [2.75, 3.05) is 34.3 Å². The molecule has 11 heavy (non-hydrogen) atoms. The second-order valence-corrected chi connectivity index (χ2v) is 3.35. The van der Waals surface area contributed by atoms with Crippen molar-refractivity contribution < 1.29 is 63.4 Å². The number of hydrogen-bond donors (Lipinski definition) is 0. The molecule has 0 heterocycles. The average Bonchev–Trinajstić information content (AvgIpc) is 1.59. The van der Waals surface area contributed by atoms with E-state index in [4.69, 9.17) is 4.74 Å². The van der Waals surface area contributed by atoms with Crippen LogP contribution in [0.3, 0.4) is 0 Å². The number of carbonyl (C=O) groups excluding carboxylic acids is 1. The summed E-state index contributed by atoms with van der Waals surface area (Å²) in [6.07, 6.45) is 0. The van der Waals surface area contributed by atoms with Crippen LogP contribution in [0.5, 0.6) is 0 Å². The van der Waals surface area contributed by atoms with Crippen LogP contribution in [0.1, 0.15) is 6.92 Å². The summed E-state index contributed by atoms with van der Waals surface area (Å²) in [5, 5.41) is 0. The SMILES string of the molecule is CC(=O)OCC[N+](C)(C)C.[Eu]. The molecule has 67 valence electrons. The molecule has 0 aromatic heterocycles. The van der Waals surface area contributed by atoms with Gasteiger partial charge >= 0.3 is 5.97 Å². The van der Waals surface area contributed by atoms with Crippen LogP contribution in [-0.4, -0.2) is 44.7 Å². The number of hydrogen-bond acceptors (Lipinski definition) is 2. The summed E-state index contributed by atoms with van der Waals surface area (Å²) in [6, 6.07) is 0. The first kappa shape index (κ1) is 14.5. The van der Waals surface area contributed by atoms with Crippen LogP contribution in [0.15, 0.2) is 0 Å². The zero-order valence-electron chi connectivity index (χ0n) is 7.56. The summed E-state index contributed by atoms with van der Waals surface area (Å²) in [7, 11) is 6.18. The van der Waals surface area contributed by atoms with Crippen molar-refractivity contribution in [3.63, 3.8) is 0 Å². The molecular formula is C7H16EuNO2+. The average molecular weight is 298 g/mol. The van der Waals surface area contributed by atoms with Crippen LogP contribution in [0.2, 0.25) is 0 Å². The summed E-state index contributed by atoms with van der Waals surface area (Å²) in [5.41, 5.74) is 0. The molecule has 3 nitrogen and oxygen atoms in total. The zero-order chi connectivity index (χ0) is 8.20. The minimum atomic E-state index is -0.201. The van der Waals surface area contributed by atoms with Crippen LogP contribution in [0.4, 0.5) is 0 Å². The number of rotatable bonds is 3. The number of carbonyl (C=O) groups is 1. The van der Waals surface area contributed by atoms with E-state index in [2.05, 4.69) is 21.1 Å². The first-order valence-electron chi connectivity index (χ1n) is 3.35. The number of likely N-dealkylation sites (N-methyl/N-ethyl adjacent to an activating group) is 1. The summed E-state index contributed by atoms with van der Waals surface area (Å²) in [6.45, 7) is 2.80. The maximum Gasteiger partial charge on any atom is 0.302 e. The zero-order valence-corrected chi connectivity index (χ0v) is 9.98. The predicted molar refractivity (Wildman–Crippen MR) is 39.5 cm³/mol. The molecule has 0 saturated heterocycles. The molecule has 0 unspecified atom stereocenters. The van der Waals surface area contributed by atoms with Gasteiger partial charge in [0.25, 0.3) is 0 Å². The Kier molecular flexibility index (Phi) is 8.62. The largest absolute Gasteiger partial charge is 0.460 e. The van der Waals surface area contributed by atoms with E-state index < -0.39 is 0 Å². The minimum absolute atomic E-state index is 0. The van der Waals surface area contributed by atoms with Crippen molar-refractivity contribution >= 4 is 5.97 Å². The molecule has 0 bridgehead atoms. The van der Waals surface area contributed by atoms with E-state index in [1.807, 2.05) is 0 Å². The molecule has 0 aliphatic heterocycles. The van der Waals surface area contributed by atoms with Gasteiger partial charge in [0.2, 0.25) is 0 Å². The molecule has 4 heteroatoms. The van der Waals surface area contributed by atoms with Gasteiger partial charge in [-0.25, -0.2) is 0 Å². The molecule has 0 amide bonds. The molecule has 0 aromatic rings. The third-order valence-electron chi connectivity index (χ3n) is 1.07. The van der Waals surface area contributed by atoms with E-state index in [0.717, 1.165) is 11.0 Å². The molecule has 1 radical (unpaired) electrons. The van der Waals surface area contributed by atoms with Gasteiger partial charge < -0.3 is 9.22 Å². The standard InChI is InChI=1S/C7H16NO2.Eu/c1-7(9)10-6-5-8(2,3)4;/h5-6H2,1-4H3;/q+1;. The van der Waals surface area contributed by atoms with Crippen LogP contribution in [0.25, 0.3) is 0 Å². The normalized spacial score (nSPS) is 10.2. The van der Waals surface area contributed by atoms with Gasteiger partial charge in [0.1, 0.15) is 13.2 Å². The summed E-state index contributed by atoms with van der Waals surface area (Å²) in [4.78, 5) is 10.3. The molecule has 0 aliphatic rings. The first-order valence-corrected chi connectivity index (χ1v) is 3.35. The third-order valence-corrected chi connectivity index (χ3v) is 1.07. The fraction of sp³-hybridized carbons (Fsp3) is 0.857. The second-order valence-electron chi connectivity index (χ2n) is 3.35. The molecule has 0 rings (SSSR count). The summed E-state index contributed by atoms with van der Waals surface area (Å²) >= 11 is 0. The molecular weight excluding hydrogens is 282 g/mol. The second kappa shape index (κ2) is 6.52. The number of ether oxygens (including phenoxy) is 1. The Morgan fingerprint density at radius 1 is 1.36 bits per heavy atom. The van der Waals surface area contributed by atoms with Crippen LogP contribution in [-0.2, 0) is 9.53 Å². The van der Waals surface area contributed by atoms with Crippen molar-refractivity contribution in [2.45, 2.75) is 6.92 Å². The third kappa shape index (κ3) is 13.9. The van der Waals surface area contributed by atoms with Crippen molar-refractivity contribution in [1.82, 2.24) is 0 Å². The van der Waals surface area contributed by atoms with Gasteiger partial charge in [0.15, 0.2) is 0 Å². The number of quaternary nitrogens is 1. The Bertz CT molecular complexity index is 120. The van der Waals surface area contributed by atoms with Crippen molar-refractivity contribution in [3.05, 3.63) is 0 Å². The molecule has 0 saturated carbocycles. The number of esters is 1. The summed E-state index contributed by atoms with van der Waals surface area (Å²) in [5.74, 6) is -0.201. The Labute approximate surface area is 109 Å². The van der Waals surface area contributed by atoms with Gasteiger partial charge in [0, 0.05) is 56.3 Å². The smallest absolute Gasteiger partial charge is 0.302 e. The maximum absolute atomic E-state index is 10.3. The first-order chi connectivity index (χ1) is 4.42. The number of nitrogens with zero attached hydrogens (tertiary/aromatic N) is 1. The van der Waals surface area contributed by atoms with Crippen LogP contribution >= 0.6 is 0 Å². The van der Waals surface area contributed by atoms with Gasteiger partial charge in [0.05, 0.1) is 21.1 Å². The topological polar surface area (TPSA) is 26.3 Å². The fourth-order valence-electron chi connectivity index (χ4n) is 0.463. The maximum atomic E-state index is 10.3. The van der Waals surface area contributed by atoms with E-state index in [1.165, 1.54) is 6.92 Å². The molecule has 0 aliphatic carbocycles. The fourth-order valence-corrected chi connectivity index (χ4v) is 0.463. The van der Waals surface area contributed by atoms with Gasteiger partial charge in [-0.2, -0.15) is 0 Å². The molecule has 0 atom stereocenters. The van der Waals surface area contributed by atoms with E-state index in [9.17, 15) is 4.79 Å². The van der Waals surface area contributed by atoms with Crippen molar-refractivity contribution in [3.8, 4) is 0 Å². The molecule has 0 fully saturated rings. The Morgan fingerprint density at radius 2 is 1.82 bits per heavy atom. The quantitative estimate of drug-likeness (QED) is 0.552. The molecule has 0 spiro atoms. The van der Waals surface area contributed by atoms with Gasteiger partial charge in [-0.1, -0.05) is 0 Å². The van der Waals surface area contributed by atoms with Crippen LogP contribution < -0.4 is 0 Å². The van der Waals surface area contributed by atoms with Gasteiger partial charge in [-0.05, 0) is 0 Å². The van der Waals surface area contributed by atoms with E-state index >= 15 is 0 Å². The van der Waals surface area contributed by atoms with E-state index in [0.29, 0.717) is 6.61 Å². The van der Waals surface area contributed by atoms with Crippen molar-refractivity contribution in [1.29, 1.82) is 0 Å². The molecule has 0 N–H and O–H groups in total. The van der Waals surface area contributed by atoms with E-state index in [-0.39, 0.29) is 55.3 Å². The molecule has 0 aromatic carbocycles. The monoisotopic (exact) mass is 299 g/mol. The van der Waals surface area contributed by atoms with Gasteiger partial charge in [-0.15, -0.1) is 0 Å². The summed E-state index contributed by atoms with van der Waals surface area (Å²) < 4.78 is 5.59. The minimum Gasteiger partial charge on any atom is -0.460 e. The Balaban J connectivity index is 0. The Morgan fingerprint density at radius 3 is 2.09 bits per heavy atom. The van der Waals surface area contributed by atoms with Crippen LogP contribution in [0, 0.1) is 49.4 Å². The predicted octanol–water partition coefficient (Wildman–Crippen LogP) is 0.256. The Hall–Kier alpha value is 1.01. The van der Waals surface area contributed by atoms with E-state index in [1.54, 1.807) is 0 Å². The van der Waals surface area contributed by atoms with Crippen molar-refractivity contribution in [2.24, 2.45) is 0 Å². The van der Waals surface area contributed by atoms with Gasteiger partial charge in [-0.3, -0.25) is 4.79 Å².